The molecule has 6 heteroatoms. The van der Waals surface area contributed by atoms with Crippen molar-refractivity contribution in [1.82, 2.24) is 0 Å². The van der Waals surface area contributed by atoms with Crippen LogP contribution in [-0.4, -0.2) is 19.2 Å². The SMILES string of the molecule is CSSS(=O)(=O)O. The Morgan fingerprint density at radius 1 is 1.57 bits per heavy atom. The van der Waals surface area contributed by atoms with Crippen LogP contribution in [0.25, 0.3) is 0 Å². The van der Waals surface area contributed by atoms with Gasteiger partial charge in [-0.3, -0.25) is 4.55 Å². The Balaban J connectivity index is 3.60. The maximum absolute atomic E-state index is 9.73. The van der Waals surface area contributed by atoms with E-state index in [9.17, 15) is 8.42 Å². The monoisotopic (exact) mass is 160 g/mol. The summed E-state index contributed by atoms with van der Waals surface area (Å²) in [7, 11) is -2.37. The van der Waals surface area contributed by atoms with Gasteiger partial charge in [0.2, 0.25) is 0 Å². The number of hydrogen-bond acceptors (Lipinski definition) is 4. The van der Waals surface area contributed by atoms with Gasteiger partial charge in [-0.2, -0.15) is 8.42 Å². The van der Waals surface area contributed by atoms with Gasteiger partial charge < -0.3 is 0 Å². The topological polar surface area (TPSA) is 54.4 Å². The minimum Gasteiger partial charge on any atom is -0.277 e. The van der Waals surface area contributed by atoms with Gasteiger partial charge in [-0.05, 0) is 6.26 Å². The Morgan fingerprint density at radius 3 is 2.00 bits per heavy atom. The Hall–Kier alpha value is 0.610. The molecule has 0 saturated carbocycles. The molecule has 0 aliphatic carbocycles. The second-order valence-electron chi connectivity index (χ2n) is 0.662. The molecule has 0 fully saturated rings. The third kappa shape index (κ3) is 6.61. The lowest BCUT2D eigenvalue weighted by molar-refractivity contribution is 0.503. The van der Waals surface area contributed by atoms with Crippen LogP contribution in [0, 0.1) is 0 Å². The van der Waals surface area contributed by atoms with E-state index in [1.54, 1.807) is 6.26 Å². The molecule has 0 heterocycles. The quantitative estimate of drug-likeness (QED) is 0.478. The smallest absolute Gasteiger partial charge is 0.277 e. The zero-order chi connectivity index (χ0) is 5.91. The average molecular weight is 160 g/mol. The van der Waals surface area contributed by atoms with Crippen molar-refractivity contribution in [2.45, 2.75) is 0 Å². The van der Waals surface area contributed by atoms with Gasteiger partial charge in [-0.15, -0.1) is 0 Å². The summed E-state index contributed by atoms with van der Waals surface area (Å²) in [4.78, 5) is 0. The predicted octanol–water partition coefficient (Wildman–Crippen LogP) is 0.800. The van der Waals surface area contributed by atoms with E-state index in [0.29, 0.717) is 9.83 Å². The lowest BCUT2D eigenvalue weighted by atomic mass is 12.0. The number of hydrogen-bond donors (Lipinski definition) is 1. The van der Waals surface area contributed by atoms with Gasteiger partial charge in [0, 0.05) is 0 Å². The van der Waals surface area contributed by atoms with Gasteiger partial charge >= 0.3 is 9.15 Å². The van der Waals surface area contributed by atoms with Crippen molar-refractivity contribution >= 4 is 29.8 Å². The lowest BCUT2D eigenvalue weighted by Crippen LogP contribution is -1.83. The molecule has 0 amide bonds. The summed E-state index contributed by atoms with van der Waals surface area (Å²) in [6.45, 7) is 0. The molecule has 44 valence electrons. The van der Waals surface area contributed by atoms with Gasteiger partial charge in [0.25, 0.3) is 0 Å². The molecule has 0 aliphatic rings. The molecule has 0 saturated heterocycles. The summed E-state index contributed by atoms with van der Waals surface area (Å²) in [5.41, 5.74) is 0. The minimum atomic E-state index is -3.79. The van der Waals surface area contributed by atoms with Gasteiger partial charge in [-0.1, -0.05) is 10.8 Å². The standard InChI is InChI=1S/CH4O3S3/c1-5-6-7(2,3)4/h1H3,(H,2,3,4). The highest BCUT2D eigenvalue weighted by Crippen LogP contribution is 2.22. The molecule has 0 radical (unpaired) electrons. The van der Waals surface area contributed by atoms with E-state index in [1.807, 2.05) is 0 Å². The molecular formula is CH4O3S3. The predicted molar refractivity (Wildman–Crippen MR) is 32.7 cm³/mol. The molecule has 1 N–H and O–H groups in total. The van der Waals surface area contributed by atoms with Crippen molar-refractivity contribution in [2.75, 3.05) is 6.26 Å². The third-order valence-corrected chi connectivity index (χ3v) is 4.16. The zero-order valence-corrected chi connectivity index (χ0v) is 5.94. The fourth-order valence-electron chi connectivity index (χ4n) is 0.0860. The van der Waals surface area contributed by atoms with Crippen molar-refractivity contribution in [3.63, 3.8) is 0 Å². The molecule has 0 aliphatic heterocycles. The van der Waals surface area contributed by atoms with Crippen LogP contribution in [-0.2, 0) is 9.15 Å². The van der Waals surface area contributed by atoms with E-state index in [-0.39, 0.29) is 0 Å². The molecule has 0 bridgehead atoms. The lowest BCUT2D eigenvalue weighted by Gasteiger charge is -1.84. The molecular weight excluding hydrogens is 156 g/mol. The van der Waals surface area contributed by atoms with E-state index in [2.05, 4.69) is 0 Å². The Bertz CT molecular complexity index is 123. The van der Waals surface area contributed by atoms with Crippen LogP contribution in [0.1, 0.15) is 0 Å². The summed E-state index contributed by atoms with van der Waals surface area (Å²) >= 11 is 0. The summed E-state index contributed by atoms with van der Waals surface area (Å²) < 4.78 is 27.4. The first-order valence-electron chi connectivity index (χ1n) is 1.26. The summed E-state index contributed by atoms with van der Waals surface area (Å²) in [6.07, 6.45) is 1.57. The molecule has 0 aromatic carbocycles. The van der Waals surface area contributed by atoms with Crippen LogP contribution < -0.4 is 0 Å². The Morgan fingerprint density at radius 2 is 2.00 bits per heavy atom. The summed E-state index contributed by atoms with van der Waals surface area (Å²) in [5, 5.41) is 0. The highest BCUT2D eigenvalue weighted by molar-refractivity contribution is 9.05. The average Bonchev–Trinajstić information content (AvgIpc) is 1.30. The van der Waals surface area contributed by atoms with Gasteiger partial charge in [-0.25, -0.2) is 0 Å². The van der Waals surface area contributed by atoms with Crippen LogP contribution >= 0.6 is 20.6 Å². The van der Waals surface area contributed by atoms with Crippen molar-refractivity contribution in [1.29, 1.82) is 0 Å². The summed E-state index contributed by atoms with van der Waals surface area (Å²) in [6, 6.07) is 0. The van der Waals surface area contributed by atoms with Crippen LogP contribution in [0.5, 0.6) is 0 Å². The van der Waals surface area contributed by atoms with Crippen molar-refractivity contribution in [2.24, 2.45) is 0 Å². The van der Waals surface area contributed by atoms with E-state index < -0.39 is 9.15 Å². The van der Waals surface area contributed by atoms with E-state index in [4.69, 9.17) is 4.55 Å². The first-order chi connectivity index (χ1) is 3.06. The Kier molecular flexibility index (Phi) is 3.05. The van der Waals surface area contributed by atoms with Crippen molar-refractivity contribution in [3.8, 4) is 0 Å². The minimum absolute atomic E-state index is 0.433. The fourth-order valence-corrected chi connectivity index (χ4v) is 2.32. The van der Waals surface area contributed by atoms with Crippen LogP contribution in [0.15, 0.2) is 0 Å². The van der Waals surface area contributed by atoms with Crippen LogP contribution in [0.4, 0.5) is 0 Å². The highest BCUT2D eigenvalue weighted by atomic mass is 33.5. The molecule has 0 aromatic heterocycles. The second-order valence-corrected chi connectivity index (χ2v) is 5.88. The van der Waals surface area contributed by atoms with Crippen LogP contribution in [0.3, 0.4) is 0 Å². The molecule has 7 heavy (non-hydrogen) atoms. The molecule has 0 rings (SSSR count). The van der Waals surface area contributed by atoms with Gasteiger partial charge in [0.05, 0.1) is 9.83 Å². The largest absolute Gasteiger partial charge is 0.329 e. The number of rotatable bonds is 2. The second kappa shape index (κ2) is 2.81. The third-order valence-electron chi connectivity index (χ3n) is 0.154. The fraction of sp³-hybridized carbons (Fsp3) is 1.00. The molecule has 0 unspecified atom stereocenters. The van der Waals surface area contributed by atoms with Crippen molar-refractivity contribution < 1.29 is 13.0 Å². The van der Waals surface area contributed by atoms with Crippen LogP contribution in [0.2, 0.25) is 0 Å². The molecule has 0 spiro atoms. The van der Waals surface area contributed by atoms with Crippen molar-refractivity contribution in [3.05, 3.63) is 0 Å². The van der Waals surface area contributed by atoms with Gasteiger partial charge in [0.1, 0.15) is 0 Å². The van der Waals surface area contributed by atoms with Gasteiger partial charge in [0.15, 0.2) is 0 Å². The highest BCUT2D eigenvalue weighted by Gasteiger charge is 2.00. The molecule has 0 atom stereocenters. The first kappa shape index (κ1) is 7.61. The molecule has 0 aromatic rings. The maximum Gasteiger partial charge on any atom is 0.329 e. The van der Waals surface area contributed by atoms with E-state index >= 15 is 0 Å². The Labute approximate surface area is 49.4 Å². The zero-order valence-electron chi connectivity index (χ0n) is 3.49. The normalized spacial score (nSPS) is 11.7. The summed E-state index contributed by atoms with van der Waals surface area (Å²) in [5.74, 6) is 0. The molecule has 3 nitrogen and oxygen atoms in total. The first-order valence-corrected chi connectivity index (χ1v) is 5.77. The maximum atomic E-state index is 9.73. The van der Waals surface area contributed by atoms with E-state index in [0.717, 1.165) is 10.8 Å². The van der Waals surface area contributed by atoms with E-state index in [1.165, 1.54) is 0 Å².